The molecule has 0 atom stereocenters. The van der Waals surface area contributed by atoms with E-state index in [0.29, 0.717) is 17.6 Å². The number of piperazine rings is 1. The number of benzene rings is 1. The molecule has 1 saturated heterocycles. The molecule has 1 aromatic rings. The van der Waals surface area contributed by atoms with Gasteiger partial charge in [0.05, 0.1) is 10.0 Å². The summed E-state index contributed by atoms with van der Waals surface area (Å²) in [5.74, 6) is -0.235. The van der Waals surface area contributed by atoms with Crippen molar-refractivity contribution < 1.29 is 13.9 Å². The van der Waals surface area contributed by atoms with Gasteiger partial charge in [-0.1, -0.05) is 12.1 Å². The Morgan fingerprint density at radius 3 is 2.67 bits per heavy atom. The molecule has 4 nitrogen and oxygen atoms in total. The third-order valence-corrected chi connectivity index (χ3v) is 5.48. The Morgan fingerprint density at radius 1 is 1.33 bits per heavy atom. The highest BCUT2D eigenvalue weighted by atomic mass is 79.9. The molecule has 0 N–H and O–H groups in total. The Balaban J connectivity index is 1.66. The van der Waals surface area contributed by atoms with Crippen molar-refractivity contribution >= 4 is 22.0 Å². The maximum atomic E-state index is 13.7. The zero-order chi connectivity index (χ0) is 17.5. The van der Waals surface area contributed by atoms with Crippen LogP contribution in [0.25, 0.3) is 0 Å². The third kappa shape index (κ3) is 3.75. The number of rotatable bonds is 2. The van der Waals surface area contributed by atoms with Gasteiger partial charge in [-0.25, -0.2) is 9.18 Å². The molecule has 1 amide bonds. The van der Waals surface area contributed by atoms with E-state index in [-0.39, 0.29) is 17.4 Å². The van der Waals surface area contributed by atoms with E-state index in [2.05, 4.69) is 20.8 Å². The number of carbonyl (C=O) groups is 1. The Hall–Kier alpha value is -1.14. The molecule has 132 valence electrons. The number of halogens is 2. The SMILES string of the molecule is CC(C)(C)OC(=O)N1CCN(Cc2cccc(F)c2Br)CC12CC2. The number of ether oxygens (including phenoxy) is 1. The second-order valence-electron chi connectivity index (χ2n) is 7.78. The van der Waals surface area contributed by atoms with Gasteiger partial charge in [0.25, 0.3) is 0 Å². The highest BCUT2D eigenvalue weighted by molar-refractivity contribution is 9.10. The topological polar surface area (TPSA) is 32.8 Å². The van der Waals surface area contributed by atoms with Crippen molar-refractivity contribution in [1.29, 1.82) is 0 Å². The van der Waals surface area contributed by atoms with E-state index >= 15 is 0 Å². The molecular weight excluding hydrogens is 375 g/mol. The fraction of sp³-hybridized carbons (Fsp3) is 0.611. The first-order chi connectivity index (χ1) is 11.2. The summed E-state index contributed by atoms with van der Waals surface area (Å²) in [5.41, 5.74) is 0.369. The number of amides is 1. The lowest BCUT2D eigenvalue weighted by molar-refractivity contribution is -0.00811. The van der Waals surface area contributed by atoms with Gasteiger partial charge in [0.1, 0.15) is 11.4 Å². The van der Waals surface area contributed by atoms with Crippen LogP contribution in [-0.4, -0.2) is 46.7 Å². The first kappa shape index (κ1) is 17.7. The summed E-state index contributed by atoms with van der Waals surface area (Å²) >= 11 is 3.33. The van der Waals surface area contributed by atoms with Crippen LogP contribution in [0.15, 0.2) is 22.7 Å². The van der Waals surface area contributed by atoms with Gasteiger partial charge >= 0.3 is 6.09 Å². The summed E-state index contributed by atoms with van der Waals surface area (Å²) in [4.78, 5) is 16.7. The molecule has 1 aromatic carbocycles. The monoisotopic (exact) mass is 398 g/mol. The van der Waals surface area contributed by atoms with Crippen molar-refractivity contribution in [2.24, 2.45) is 0 Å². The van der Waals surface area contributed by atoms with E-state index in [9.17, 15) is 9.18 Å². The van der Waals surface area contributed by atoms with Crippen LogP contribution >= 0.6 is 15.9 Å². The molecule has 1 saturated carbocycles. The van der Waals surface area contributed by atoms with Gasteiger partial charge in [0, 0.05) is 26.2 Å². The van der Waals surface area contributed by atoms with Gasteiger partial charge in [-0.05, 0) is 61.2 Å². The molecule has 3 rings (SSSR count). The summed E-state index contributed by atoms with van der Waals surface area (Å²) in [7, 11) is 0. The molecule has 24 heavy (non-hydrogen) atoms. The highest BCUT2D eigenvalue weighted by Crippen LogP contribution is 2.45. The van der Waals surface area contributed by atoms with Gasteiger partial charge in [0.15, 0.2) is 0 Å². The molecule has 2 aliphatic rings. The van der Waals surface area contributed by atoms with Gasteiger partial charge in [0.2, 0.25) is 0 Å². The zero-order valence-corrected chi connectivity index (χ0v) is 16.0. The minimum absolute atomic E-state index is 0.0968. The van der Waals surface area contributed by atoms with Crippen LogP contribution in [0.5, 0.6) is 0 Å². The molecule has 0 aromatic heterocycles. The van der Waals surface area contributed by atoms with E-state index < -0.39 is 5.60 Å². The fourth-order valence-electron chi connectivity index (χ4n) is 3.28. The second kappa shape index (κ2) is 6.30. The molecule has 0 radical (unpaired) electrons. The Morgan fingerprint density at radius 2 is 2.04 bits per heavy atom. The van der Waals surface area contributed by atoms with Crippen LogP contribution in [-0.2, 0) is 11.3 Å². The lowest BCUT2D eigenvalue weighted by atomic mass is 10.1. The Kier molecular flexibility index (Phi) is 4.64. The van der Waals surface area contributed by atoms with Crippen molar-refractivity contribution in [1.82, 2.24) is 9.80 Å². The largest absolute Gasteiger partial charge is 0.444 e. The molecule has 1 heterocycles. The molecule has 1 spiro atoms. The van der Waals surface area contributed by atoms with Crippen LogP contribution in [0.3, 0.4) is 0 Å². The minimum atomic E-state index is -0.475. The lowest BCUT2D eigenvalue weighted by Gasteiger charge is -2.42. The molecular formula is C18H24BrFN2O2. The average molecular weight is 399 g/mol. The average Bonchev–Trinajstić information content (AvgIpc) is 3.21. The standard InChI is InChI=1S/C18H24BrFN2O2/c1-17(2,3)24-16(23)22-10-9-21(12-18(22)7-8-18)11-13-5-4-6-14(20)15(13)19/h4-6H,7-12H2,1-3H3. The van der Waals surface area contributed by atoms with Gasteiger partial charge in [-0.15, -0.1) is 0 Å². The predicted molar refractivity (Wildman–Crippen MR) is 94.3 cm³/mol. The number of hydrogen-bond donors (Lipinski definition) is 0. The van der Waals surface area contributed by atoms with Crippen molar-refractivity contribution in [2.75, 3.05) is 19.6 Å². The van der Waals surface area contributed by atoms with Crippen LogP contribution in [0.2, 0.25) is 0 Å². The summed E-state index contributed by atoms with van der Waals surface area (Å²) in [6, 6.07) is 5.13. The van der Waals surface area contributed by atoms with Gasteiger partial charge in [-0.3, -0.25) is 9.80 Å². The Bertz CT molecular complexity index is 640. The second-order valence-corrected chi connectivity index (χ2v) is 8.57. The Labute approximate surface area is 151 Å². The number of nitrogens with zero attached hydrogens (tertiary/aromatic N) is 2. The van der Waals surface area contributed by atoms with E-state index in [0.717, 1.165) is 31.5 Å². The fourth-order valence-corrected chi connectivity index (χ4v) is 3.67. The van der Waals surface area contributed by atoms with E-state index in [1.165, 1.54) is 6.07 Å². The first-order valence-electron chi connectivity index (χ1n) is 8.36. The maximum Gasteiger partial charge on any atom is 0.410 e. The van der Waals surface area contributed by atoms with Gasteiger partial charge < -0.3 is 4.74 Å². The molecule has 6 heteroatoms. The van der Waals surface area contributed by atoms with Crippen LogP contribution in [0.1, 0.15) is 39.2 Å². The van der Waals surface area contributed by atoms with Crippen molar-refractivity contribution in [2.45, 2.75) is 51.3 Å². The lowest BCUT2D eigenvalue weighted by Crippen LogP contribution is -2.57. The summed E-state index contributed by atoms with van der Waals surface area (Å²) < 4.78 is 19.8. The zero-order valence-electron chi connectivity index (χ0n) is 14.4. The van der Waals surface area contributed by atoms with E-state index in [1.54, 1.807) is 6.07 Å². The van der Waals surface area contributed by atoms with Crippen molar-refractivity contribution in [3.8, 4) is 0 Å². The van der Waals surface area contributed by atoms with E-state index in [4.69, 9.17) is 4.74 Å². The molecule has 1 aliphatic carbocycles. The molecule has 0 bridgehead atoms. The molecule has 1 aliphatic heterocycles. The van der Waals surface area contributed by atoms with Crippen LogP contribution in [0.4, 0.5) is 9.18 Å². The predicted octanol–water partition coefficient (Wildman–Crippen LogP) is 4.17. The molecule has 2 fully saturated rings. The van der Waals surface area contributed by atoms with E-state index in [1.807, 2.05) is 31.7 Å². The van der Waals surface area contributed by atoms with Crippen LogP contribution < -0.4 is 0 Å². The van der Waals surface area contributed by atoms with Gasteiger partial charge in [-0.2, -0.15) is 0 Å². The maximum absolute atomic E-state index is 13.7. The first-order valence-corrected chi connectivity index (χ1v) is 9.15. The van der Waals surface area contributed by atoms with Crippen molar-refractivity contribution in [3.63, 3.8) is 0 Å². The normalized spacial score (nSPS) is 20.3. The summed E-state index contributed by atoms with van der Waals surface area (Å²) in [6.07, 6.45) is 1.80. The number of carbonyl (C=O) groups excluding carboxylic acids is 1. The summed E-state index contributed by atoms with van der Waals surface area (Å²) in [5, 5.41) is 0. The molecule has 0 unspecified atom stereocenters. The quantitative estimate of drug-likeness (QED) is 0.748. The third-order valence-electron chi connectivity index (χ3n) is 4.60. The highest BCUT2D eigenvalue weighted by Gasteiger charge is 2.54. The number of hydrogen-bond acceptors (Lipinski definition) is 3. The summed E-state index contributed by atoms with van der Waals surface area (Å²) in [6.45, 7) is 8.59. The smallest absolute Gasteiger partial charge is 0.410 e. The van der Waals surface area contributed by atoms with Crippen LogP contribution in [0, 0.1) is 5.82 Å². The minimum Gasteiger partial charge on any atom is -0.444 e. The van der Waals surface area contributed by atoms with Crippen molar-refractivity contribution in [3.05, 3.63) is 34.1 Å².